The molecule has 0 radical (unpaired) electrons. The Labute approximate surface area is 88.8 Å². The van der Waals surface area contributed by atoms with Gasteiger partial charge in [-0.1, -0.05) is 18.2 Å². The van der Waals surface area contributed by atoms with Crippen LogP contribution in [-0.2, 0) is 14.3 Å². The molecule has 1 saturated carbocycles. The molecular formula is C12H14O3. The molecule has 2 aliphatic rings. The van der Waals surface area contributed by atoms with Gasteiger partial charge < -0.3 is 4.74 Å². The molecular weight excluding hydrogens is 192 g/mol. The molecule has 2 atom stereocenters. The number of hydrogen-bond donors (Lipinski definition) is 0. The van der Waals surface area contributed by atoms with Crippen molar-refractivity contribution in [3.63, 3.8) is 0 Å². The molecule has 2 unspecified atom stereocenters. The second-order valence-electron chi connectivity index (χ2n) is 4.34. The van der Waals surface area contributed by atoms with E-state index in [2.05, 4.69) is 0 Å². The molecule has 0 aromatic carbocycles. The number of fused-ring (bicyclic) bond motifs is 1. The van der Waals surface area contributed by atoms with E-state index in [4.69, 9.17) is 4.74 Å². The van der Waals surface area contributed by atoms with E-state index in [9.17, 15) is 9.59 Å². The molecule has 0 aromatic rings. The van der Waals surface area contributed by atoms with Crippen molar-refractivity contribution in [1.82, 2.24) is 0 Å². The zero-order chi connectivity index (χ0) is 11.1. The maximum Gasteiger partial charge on any atom is 0.319 e. The fraction of sp³-hybridized carbons (Fsp3) is 0.500. The van der Waals surface area contributed by atoms with Gasteiger partial charge in [-0.2, -0.15) is 0 Å². The molecule has 0 bridgehead atoms. The highest BCUT2D eigenvalue weighted by molar-refractivity contribution is 6.14. The summed E-state index contributed by atoms with van der Waals surface area (Å²) in [6.45, 7) is 1.68. The Morgan fingerprint density at radius 2 is 2.33 bits per heavy atom. The lowest BCUT2D eigenvalue weighted by Crippen LogP contribution is -2.33. The molecule has 0 heterocycles. The summed E-state index contributed by atoms with van der Waals surface area (Å²) in [7, 11) is 1.33. The third-order valence-electron chi connectivity index (χ3n) is 3.33. The summed E-state index contributed by atoms with van der Waals surface area (Å²) in [6.07, 6.45) is 7.17. The first-order valence-electron chi connectivity index (χ1n) is 5.09. The van der Waals surface area contributed by atoms with Crippen LogP contribution in [0.5, 0.6) is 0 Å². The van der Waals surface area contributed by atoms with Crippen LogP contribution in [0.2, 0.25) is 0 Å². The van der Waals surface area contributed by atoms with E-state index in [1.54, 1.807) is 6.92 Å². The van der Waals surface area contributed by atoms with E-state index < -0.39 is 11.4 Å². The molecule has 80 valence electrons. The third kappa shape index (κ3) is 1.34. The minimum Gasteiger partial charge on any atom is -0.468 e. The van der Waals surface area contributed by atoms with Crippen molar-refractivity contribution < 1.29 is 14.3 Å². The first kappa shape index (κ1) is 10.1. The highest BCUT2D eigenvalue weighted by atomic mass is 16.5. The van der Waals surface area contributed by atoms with Gasteiger partial charge in [0.05, 0.1) is 7.11 Å². The summed E-state index contributed by atoms with van der Waals surface area (Å²) >= 11 is 0. The molecule has 0 amide bonds. The molecule has 3 heteroatoms. The highest BCUT2D eigenvalue weighted by Crippen LogP contribution is 2.45. The molecule has 0 aromatic heterocycles. The number of allylic oxidation sites excluding steroid dienone is 4. The fourth-order valence-electron chi connectivity index (χ4n) is 2.44. The zero-order valence-corrected chi connectivity index (χ0v) is 8.95. The summed E-state index contributed by atoms with van der Waals surface area (Å²) < 4.78 is 4.71. The van der Waals surface area contributed by atoms with E-state index in [-0.39, 0.29) is 11.7 Å². The zero-order valence-electron chi connectivity index (χ0n) is 8.95. The average molecular weight is 206 g/mol. The number of ketones is 1. The lowest BCUT2D eigenvalue weighted by molar-refractivity contribution is -0.154. The highest BCUT2D eigenvalue weighted by Gasteiger charge is 2.52. The van der Waals surface area contributed by atoms with Gasteiger partial charge in [-0.3, -0.25) is 9.59 Å². The van der Waals surface area contributed by atoms with Gasteiger partial charge in [0.25, 0.3) is 0 Å². The number of carbonyl (C=O) groups excluding carboxylic acids is 2. The van der Waals surface area contributed by atoms with Crippen LogP contribution in [0, 0.1) is 11.3 Å². The molecule has 2 rings (SSSR count). The van der Waals surface area contributed by atoms with Crippen LogP contribution in [0.1, 0.15) is 19.8 Å². The average Bonchev–Trinajstić information content (AvgIpc) is 2.52. The summed E-state index contributed by atoms with van der Waals surface area (Å²) in [5.74, 6) is -0.280. The minimum absolute atomic E-state index is 0.0660. The van der Waals surface area contributed by atoms with Crippen LogP contribution in [0.4, 0.5) is 0 Å². The summed E-state index contributed by atoms with van der Waals surface area (Å²) in [5.41, 5.74) is -0.178. The van der Waals surface area contributed by atoms with Crippen molar-refractivity contribution in [2.24, 2.45) is 11.3 Å². The van der Waals surface area contributed by atoms with Crippen LogP contribution in [0.25, 0.3) is 0 Å². The monoisotopic (exact) mass is 206 g/mol. The molecule has 2 aliphatic carbocycles. The van der Waals surface area contributed by atoms with Crippen molar-refractivity contribution in [2.45, 2.75) is 19.8 Å². The summed E-state index contributed by atoms with van der Waals surface area (Å²) in [5, 5.41) is 0. The van der Waals surface area contributed by atoms with Gasteiger partial charge in [0.2, 0.25) is 0 Å². The SMILES string of the molecule is COC(=O)C1(C)CC2CC=CC=C2C1=O. The molecule has 1 fully saturated rings. The number of rotatable bonds is 1. The van der Waals surface area contributed by atoms with Gasteiger partial charge in [0, 0.05) is 0 Å². The van der Waals surface area contributed by atoms with E-state index in [0.29, 0.717) is 6.42 Å². The normalized spacial score (nSPS) is 33.6. The van der Waals surface area contributed by atoms with E-state index in [1.807, 2.05) is 18.2 Å². The maximum atomic E-state index is 12.1. The van der Waals surface area contributed by atoms with Crippen LogP contribution < -0.4 is 0 Å². The van der Waals surface area contributed by atoms with Crippen molar-refractivity contribution in [3.05, 3.63) is 23.8 Å². The number of ether oxygens (including phenoxy) is 1. The minimum atomic E-state index is -0.961. The van der Waals surface area contributed by atoms with E-state index >= 15 is 0 Å². The van der Waals surface area contributed by atoms with Crippen molar-refractivity contribution in [3.8, 4) is 0 Å². The lowest BCUT2D eigenvalue weighted by Gasteiger charge is -2.18. The van der Waals surface area contributed by atoms with Crippen LogP contribution in [-0.4, -0.2) is 18.9 Å². The Morgan fingerprint density at radius 3 is 2.93 bits per heavy atom. The molecule has 3 nitrogen and oxygen atoms in total. The Bertz CT molecular complexity index is 378. The predicted octanol–water partition coefficient (Wildman–Crippen LogP) is 1.64. The lowest BCUT2D eigenvalue weighted by atomic mass is 9.86. The van der Waals surface area contributed by atoms with Crippen LogP contribution in [0.3, 0.4) is 0 Å². The van der Waals surface area contributed by atoms with Gasteiger partial charge in [0.1, 0.15) is 5.41 Å². The number of hydrogen-bond acceptors (Lipinski definition) is 3. The fourth-order valence-corrected chi connectivity index (χ4v) is 2.44. The van der Waals surface area contributed by atoms with Crippen molar-refractivity contribution in [2.75, 3.05) is 7.11 Å². The topological polar surface area (TPSA) is 43.4 Å². The van der Waals surface area contributed by atoms with Gasteiger partial charge in [0.15, 0.2) is 5.78 Å². The Kier molecular flexibility index (Phi) is 2.25. The van der Waals surface area contributed by atoms with Crippen molar-refractivity contribution in [1.29, 1.82) is 0 Å². The van der Waals surface area contributed by atoms with Crippen LogP contribution >= 0.6 is 0 Å². The molecule has 0 spiro atoms. The molecule has 0 aliphatic heterocycles. The quantitative estimate of drug-likeness (QED) is 0.484. The standard InChI is InChI=1S/C12H14O3/c1-12(11(14)15-2)7-8-5-3-4-6-9(8)10(12)13/h3-4,6,8H,5,7H2,1-2H3. The molecule has 15 heavy (non-hydrogen) atoms. The second kappa shape index (κ2) is 3.33. The van der Waals surface area contributed by atoms with Gasteiger partial charge in [-0.15, -0.1) is 0 Å². The Morgan fingerprint density at radius 1 is 1.60 bits per heavy atom. The maximum absolute atomic E-state index is 12.1. The smallest absolute Gasteiger partial charge is 0.319 e. The molecule has 0 saturated heterocycles. The van der Waals surface area contributed by atoms with Gasteiger partial charge in [-0.25, -0.2) is 0 Å². The number of Topliss-reactive ketones (excluding diaryl/α,β-unsaturated/α-hetero) is 1. The van der Waals surface area contributed by atoms with Gasteiger partial charge >= 0.3 is 5.97 Å². The number of methoxy groups -OCH3 is 1. The van der Waals surface area contributed by atoms with Gasteiger partial charge in [-0.05, 0) is 31.3 Å². The summed E-state index contributed by atoms with van der Waals surface area (Å²) in [6, 6.07) is 0. The second-order valence-corrected chi connectivity index (χ2v) is 4.34. The van der Waals surface area contributed by atoms with E-state index in [1.165, 1.54) is 7.11 Å². The Hall–Kier alpha value is -1.38. The Balaban J connectivity index is 2.35. The van der Waals surface area contributed by atoms with Crippen LogP contribution in [0.15, 0.2) is 23.8 Å². The first-order chi connectivity index (χ1) is 7.09. The van der Waals surface area contributed by atoms with Crippen molar-refractivity contribution >= 4 is 11.8 Å². The third-order valence-corrected chi connectivity index (χ3v) is 3.33. The number of esters is 1. The number of carbonyl (C=O) groups is 2. The largest absolute Gasteiger partial charge is 0.468 e. The van der Waals surface area contributed by atoms with E-state index in [0.717, 1.165) is 12.0 Å². The first-order valence-corrected chi connectivity index (χ1v) is 5.09. The molecule has 0 N–H and O–H groups in total. The predicted molar refractivity (Wildman–Crippen MR) is 55.1 cm³/mol. The summed E-state index contributed by atoms with van der Waals surface area (Å²) in [4.78, 5) is 23.7.